The quantitative estimate of drug-likeness (QED) is 0.0502. The number of amides is 6. The summed E-state index contributed by atoms with van der Waals surface area (Å²) in [7, 11) is 0. The fourth-order valence-corrected chi connectivity index (χ4v) is 7.58. The van der Waals surface area contributed by atoms with Gasteiger partial charge in [0, 0.05) is 37.8 Å². The number of nitrogens with zero attached hydrogens (tertiary/aromatic N) is 3. The van der Waals surface area contributed by atoms with Crippen molar-refractivity contribution in [3.8, 4) is 0 Å². The van der Waals surface area contributed by atoms with Gasteiger partial charge in [0.15, 0.2) is 0 Å². The van der Waals surface area contributed by atoms with Gasteiger partial charge in [-0.15, -0.1) is 0 Å². The van der Waals surface area contributed by atoms with Crippen molar-refractivity contribution >= 4 is 41.4 Å². The maximum atomic E-state index is 14.0. The molecule has 60 heavy (non-hydrogen) atoms. The Balaban J connectivity index is 1.45. The Morgan fingerprint density at radius 2 is 1.28 bits per heavy atom. The van der Waals surface area contributed by atoms with E-state index in [9.17, 15) is 43.8 Å². The van der Waals surface area contributed by atoms with Gasteiger partial charge in [-0.25, -0.2) is 9.78 Å². The van der Waals surface area contributed by atoms with Crippen molar-refractivity contribution in [2.75, 3.05) is 32.8 Å². The predicted molar refractivity (Wildman–Crippen MR) is 218 cm³/mol. The van der Waals surface area contributed by atoms with E-state index in [0.717, 1.165) is 0 Å². The summed E-state index contributed by atoms with van der Waals surface area (Å²) < 4.78 is 0. The first-order chi connectivity index (χ1) is 28.9. The molecule has 0 bridgehead atoms. The van der Waals surface area contributed by atoms with Crippen LogP contribution in [-0.4, -0.2) is 146 Å². The van der Waals surface area contributed by atoms with Crippen molar-refractivity contribution in [3.05, 3.63) is 54.1 Å². The number of aromatic nitrogens is 2. The number of aliphatic carboxylic acids is 1. The van der Waals surface area contributed by atoms with Crippen molar-refractivity contribution in [1.29, 1.82) is 0 Å². The number of likely N-dealkylation sites (tertiary alicyclic amines) is 2. The maximum Gasteiger partial charge on any atom is 0.326 e. The molecule has 3 heterocycles. The molecule has 0 saturated carbocycles. The number of hydrogen-bond acceptors (Lipinski definition) is 12. The summed E-state index contributed by atoms with van der Waals surface area (Å²) in [4.78, 5) is 104. The third-order valence-corrected chi connectivity index (χ3v) is 10.8. The normalized spacial score (nSPS) is 18.8. The number of aromatic amines is 1. The first-order valence-corrected chi connectivity index (χ1v) is 20.7. The fraction of sp³-hybridized carbons (Fsp3) is 0.600. The van der Waals surface area contributed by atoms with Crippen LogP contribution in [-0.2, 0) is 46.4 Å². The largest absolute Gasteiger partial charge is 0.480 e. The van der Waals surface area contributed by atoms with Crippen molar-refractivity contribution in [3.63, 3.8) is 0 Å². The lowest BCUT2D eigenvalue weighted by Gasteiger charge is -2.31. The van der Waals surface area contributed by atoms with Crippen LogP contribution in [0.25, 0.3) is 0 Å². The maximum absolute atomic E-state index is 14.0. The highest BCUT2D eigenvalue weighted by Crippen LogP contribution is 2.21. The zero-order chi connectivity index (χ0) is 43.6. The summed E-state index contributed by atoms with van der Waals surface area (Å²) in [5, 5.41) is 30.7. The van der Waals surface area contributed by atoms with Crippen LogP contribution in [0, 0.1) is 0 Å². The number of carbonyl (C=O) groups is 7. The second-order valence-electron chi connectivity index (χ2n) is 15.3. The Kier molecular flexibility index (Phi) is 18.9. The van der Waals surface area contributed by atoms with E-state index in [4.69, 9.17) is 17.2 Å². The van der Waals surface area contributed by atoms with Crippen molar-refractivity contribution in [1.82, 2.24) is 41.0 Å². The lowest BCUT2D eigenvalue weighted by molar-refractivity contribution is -0.144. The minimum Gasteiger partial charge on any atom is -0.480 e. The van der Waals surface area contributed by atoms with E-state index in [-0.39, 0.29) is 38.6 Å². The first kappa shape index (κ1) is 47.2. The van der Waals surface area contributed by atoms with Crippen molar-refractivity contribution < 1.29 is 43.8 Å². The second kappa shape index (κ2) is 24.0. The Bertz CT molecular complexity index is 1730. The molecule has 0 aliphatic carbocycles. The number of rotatable bonds is 24. The number of aliphatic hydroxyl groups is 1. The molecule has 330 valence electrons. The molecule has 20 heteroatoms. The van der Waals surface area contributed by atoms with E-state index in [1.54, 1.807) is 36.5 Å². The van der Waals surface area contributed by atoms with E-state index in [1.165, 1.54) is 16.1 Å². The summed E-state index contributed by atoms with van der Waals surface area (Å²) >= 11 is 0. The van der Waals surface area contributed by atoms with E-state index < -0.39 is 90.3 Å². The van der Waals surface area contributed by atoms with Gasteiger partial charge in [0.25, 0.3) is 0 Å². The standard InChI is InChI=1S/C40H61N11O9/c41-16-6-4-12-28(34(53)47-29(40(59)60)13-5-7-17-42)46-36(55)33-15-9-19-51(33)39(58)31(23-52)49-35(54)30(20-25-10-2-1-3-11-25)48-37(56)32-14-8-18-50(32)38(57)27(43)21-26-22-44-24-45-26/h1-3,10-11,22,24,27-33,52H,4-9,12-21,23,41-43H2,(H,44,45)(H,46,55)(H,47,53)(H,48,56)(H,49,54)(H,59,60)/t27-,28-,29-,30-,31-,32-,33-/m0/s1. The molecule has 13 N–H and O–H groups in total. The molecule has 0 spiro atoms. The summed E-state index contributed by atoms with van der Waals surface area (Å²) in [6.07, 6.45) is 7.14. The molecule has 1 aromatic carbocycles. The molecule has 4 rings (SSSR count). The zero-order valence-corrected chi connectivity index (χ0v) is 33.9. The van der Waals surface area contributed by atoms with Gasteiger partial charge >= 0.3 is 5.97 Å². The van der Waals surface area contributed by atoms with Crippen LogP contribution in [0.3, 0.4) is 0 Å². The number of nitrogens with two attached hydrogens (primary N) is 3. The minimum absolute atomic E-state index is 0.0167. The highest BCUT2D eigenvalue weighted by molar-refractivity contribution is 5.97. The first-order valence-electron chi connectivity index (χ1n) is 20.7. The van der Waals surface area contributed by atoms with E-state index in [1.807, 2.05) is 0 Å². The van der Waals surface area contributed by atoms with Crippen LogP contribution < -0.4 is 38.5 Å². The lowest BCUT2D eigenvalue weighted by Crippen LogP contribution is -2.60. The molecule has 2 fully saturated rings. The third kappa shape index (κ3) is 13.5. The monoisotopic (exact) mass is 839 g/mol. The van der Waals surface area contributed by atoms with E-state index in [2.05, 4.69) is 31.2 Å². The van der Waals surface area contributed by atoms with Gasteiger partial charge in [0.2, 0.25) is 35.4 Å². The number of aliphatic hydroxyl groups excluding tert-OH is 1. The number of benzene rings is 1. The van der Waals surface area contributed by atoms with Gasteiger partial charge in [-0.3, -0.25) is 28.8 Å². The van der Waals surface area contributed by atoms with Crippen LogP contribution in [0.2, 0.25) is 0 Å². The highest BCUT2D eigenvalue weighted by atomic mass is 16.4. The molecule has 0 radical (unpaired) electrons. The topological polar surface area (TPSA) is 321 Å². The SMILES string of the molecule is NCCCC[C@H](NC(=O)[C@H](CCCCN)NC(=O)[C@@H]1CCCN1C(=O)[C@H](CO)NC(=O)[C@H](Cc1ccccc1)NC(=O)[C@@H]1CCCN1C(=O)[C@@H](N)Cc1cnc[nH]1)C(=O)O. The number of nitrogens with one attached hydrogen (secondary N) is 5. The number of carbonyl (C=O) groups excluding carboxylic acids is 6. The molecule has 7 atom stereocenters. The molecule has 6 amide bonds. The van der Waals surface area contributed by atoms with Gasteiger partial charge in [-0.1, -0.05) is 30.3 Å². The molecule has 2 aliphatic rings. The van der Waals surface area contributed by atoms with E-state index in [0.29, 0.717) is 75.8 Å². The summed E-state index contributed by atoms with van der Waals surface area (Å²) in [6.45, 7) is 0.299. The number of carboxylic acid groups (broad SMARTS) is 1. The summed E-state index contributed by atoms with van der Waals surface area (Å²) in [5.41, 5.74) is 18.8. The third-order valence-electron chi connectivity index (χ3n) is 10.8. The van der Waals surface area contributed by atoms with Crippen LogP contribution in [0.5, 0.6) is 0 Å². The molecule has 0 unspecified atom stereocenters. The number of unbranched alkanes of at least 4 members (excludes halogenated alkanes) is 2. The van der Waals surface area contributed by atoms with Crippen LogP contribution >= 0.6 is 0 Å². The summed E-state index contributed by atoms with van der Waals surface area (Å²) in [6, 6.07) is 0.927. The fourth-order valence-electron chi connectivity index (χ4n) is 7.58. The van der Waals surface area contributed by atoms with E-state index >= 15 is 0 Å². The molecule has 20 nitrogen and oxygen atoms in total. The van der Waals surface area contributed by atoms with Crippen molar-refractivity contribution in [2.45, 2.75) is 119 Å². The number of imidazole rings is 1. The van der Waals surface area contributed by atoms with Gasteiger partial charge in [0.1, 0.15) is 36.3 Å². The average Bonchev–Trinajstić information content (AvgIpc) is 4.05. The number of hydrogen-bond donors (Lipinski definition) is 10. The minimum atomic E-state index is -1.50. The Hall–Kier alpha value is -5.44. The van der Waals surface area contributed by atoms with Crippen LogP contribution in [0.1, 0.15) is 75.5 Å². The smallest absolute Gasteiger partial charge is 0.326 e. The molecular weight excluding hydrogens is 779 g/mol. The zero-order valence-electron chi connectivity index (χ0n) is 33.9. The van der Waals surface area contributed by atoms with Crippen LogP contribution in [0.15, 0.2) is 42.9 Å². The van der Waals surface area contributed by atoms with Gasteiger partial charge in [0.05, 0.1) is 19.0 Å². The van der Waals surface area contributed by atoms with Crippen molar-refractivity contribution in [2.24, 2.45) is 17.2 Å². The van der Waals surface area contributed by atoms with Gasteiger partial charge in [-0.05, 0) is 82.9 Å². The average molecular weight is 840 g/mol. The Morgan fingerprint density at radius 3 is 1.83 bits per heavy atom. The Labute approximate surface area is 349 Å². The number of carboxylic acids is 1. The molecule has 2 aromatic rings. The molecule has 2 saturated heterocycles. The predicted octanol–water partition coefficient (Wildman–Crippen LogP) is -2.22. The lowest BCUT2D eigenvalue weighted by atomic mass is 10.0. The van der Waals surface area contributed by atoms with Gasteiger partial charge < -0.3 is 63.5 Å². The highest BCUT2D eigenvalue weighted by Gasteiger charge is 2.41. The molecule has 1 aromatic heterocycles. The number of H-pyrrole nitrogens is 1. The van der Waals surface area contributed by atoms with Crippen LogP contribution in [0.4, 0.5) is 0 Å². The summed E-state index contributed by atoms with van der Waals surface area (Å²) in [5.74, 6) is -5.09. The molecular formula is C40H61N11O9. The second-order valence-corrected chi connectivity index (χ2v) is 15.3. The van der Waals surface area contributed by atoms with Gasteiger partial charge in [-0.2, -0.15) is 0 Å². The molecule has 2 aliphatic heterocycles. The Morgan fingerprint density at radius 1 is 0.733 bits per heavy atom.